The van der Waals surface area contributed by atoms with Crippen molar-refractivity contribution in [3.63, 3.8) is 0 Å². The van der Waals surface area contributed by atoms with Crippen molar-refractivity contribution in [2.45, 2.75) is 52.2 Å². The van der Waals surface area contributed by atoms with Crippen LogP contribution in [0.4, 0.5) is 8.78 Å². The zero-order valence-electron chi connectivity index (χ0n) is 20.0. The topological polar surface area (TPSA) is 80.2 Å². The third-order valence-electron chi connectivity index (χ3n) is 5.86. The van der Waals surface area contributed by atoms with Crippen LogP contribution in [0.15, 0.2) is 36.8 Å². The van der Waals surface area contributed by atoms with Crippen LogP contribution in [0.3, 0.4) is 0 Å². The van der Waals surface area contributed by atoms with E-state index in [2.05, 4.69) is 20.3 Å². The second kappa shape index (κ2) is 11.2. The van der Waals surface area contributed by atoms with Gasteiger partial charge in [0.15, 0.2) is 0 Å². The highest BCUT2D eigenvalue weighted by atomic mass is 32.1. The van der Waals surface area contributed by atoms with E-state index in [9.17, 15) is 13.6 Å². The van der Waals surface area contributed by atoms with Gasteiger partial charge in [-0.1, -0.05) is 0 Å². The van der Waals surface area contributed by atoms with Crippen LogP contribution < -0.4 is 10.1 Å². The van der Waals surface area contributed by atoms with E-state index in [4.69, 9.17) is 4.74 Å². The van der Waals surface area contributed by atoms with Crippen LogP contribution in [0.1, 0.15) is 52.4 Å². The van der Waals surface area contributed by atoms with Crippen molar-refractivity contribution in [3.05, 3.63) is 58.6 Å². The summed E-state index contributed by atoms with van der Waals surface area (Å²) in [5.74, 6) is 0.308. The number of benzene rings is 1. The fourth-order valence-electron chi connectivity index (χ4n) is 3.99. The Balaban J connectivity index is 1.52. The third-order valence-corrected chi connectivity index (χ3v) is 6.82. The van der Waals surface area contributed by atoms with E-state index in [1.54, 1.807) is 35.6 Å². The Morgan fingerprint density at radius 3 is 2.54 bits per heavy atom. The van der Waals surface area contributed by atoms with E-state index < -0.39 is 6.43 Å². The van der Waals surface area contributed by atoms with Gasteiger partial charge in [0.2, 0.25) is 0 Å². The first kappa shape index (κ1) is 25.1. The Kier molecular flexibility index (Phi) is 8.02. The van der Waals surface area contributed by atoms with Crippen molar-refractivity contribution in [2.24, 2.45) is 0 Å². The summed E-state index contributed by atoms with van der Waals surface area (Å²) in [5.41, 5.74) is 2.72. The number of carbonyl (C=O) groups is 1. The minimum atomic E-state index is -2.33. The smallest absolute Gasteiger partial charge is 0.251 e. The van der Waals surface area contributed by atoms with Crippen LogP contribution in [0.2, 0.25) is 0 Å². The van der Waals surface area contributed by atoms with Crippen molar-refractivity contribution >= 4 is 17.2 Å². The van der Waals surface area contributed by atoms with Gasteiger partial charge in [-0.25, -0.2) is 13.8 Å². The van der Waals surface area contributed by atoms with E-state index in [1.807, 2.05) is 26.8 Å². The van der Waals surface area contributed by atoms with Gasteiger partial charge in [0.1, 0.15) is 16.9 Å². The summed E-state index contributed by atoms with van der Waals surface area (Å²) in [4.78, 5) is 29.1. The molecule has 1 fully saturated rings. The molecule has 0 saturated carbocycles. The molecule has 7 nitrogen and oxygen atoms in total. The molecular weight excluding hydrogens is 472 g/mol. The number of hydrogen-bond acceptors (Lipinski definition) is 7. The molecule has 0 radical (unpaired) electrons. The predicted octanol–water partition coefficient (Wildman–Crippen LogP) is 4.82. The molecule has 1 aliphatic rings. The molecule has 3 heterocycles. The molecule has 1 aromatic carbocycles. The van der Waals surface area contributed by atoms with Crippen molar-refractivity contribution in [1.82, 2.24) is 25.2 Å². The van der Waals surface area contributed by atoms with Crippen molar-refractivity contribution in [1.29, 1.82) is 0 Å². The fraction of sp³-hybridized carbons (Fsp3) is 0.440. The Bertz CT molecular complexity index is 1150. The summed E-state index contributed by atoms with van der Waals surface area (Å²) in [6.45, 7) is 6.60. The summed E-state index contributed by atoms with van der Waals surface area (Å²) in [7, 11) is 0. The molecular formula is C25H29F2N5O2S. The van der Waals surface area contributed by atoms with Crippen LogP contribution in [-0.2, 0) is 0 Å². The lowest BCUT2D eigenvalue weighted by Crippen LogP contribution is -2.40. The van der Waals surface area contributed by atoms with Gasteiger partial charge < -0.3 is 10.1 Å². The lowest BCUT2D eigenvalue weighted by atomic mass is 10.1. The number of ether oxygens (including phenoxy) is 1. The minimum Gasteiger partial charge on any atom is -0.490 e. The molecule has 4 rings (SSSR count). The average molecular weight is 502 g/mol. The number of thiazole rings is 1. The van der Waals surface area contributed by atoms with Gasteiger partial charge >= 0.3 is 0 Å². The number of piperidine rings is 1. The standard InChI is InChI=1S/C25H29F2N5O2S/c1-15-11-29-22(13-28-15)17(3)31-24(33)18-8-19(25-30-12-16(2)35-25)10-21(9-18)34-20-4-6-32(7-5-20)14-23(26)27/h8-13,17,20,23H,4-7,14H2,1-3H3,(H,31,33). The number of rotatable bonds is 8. The molecule has 0 aliphatic carbocycles. The number of alkyl halides is 2. The first-order valence-corrected chi connectivity index (χ1v) is 12.4. The second-order valence-corrected chi connectivity index (χ2v) is 10.0. The van der Waals surface area contributed by atoms with Crippen molar-refractivity contribution in [3.8, 4) is 16.3 Å². The molecule has 1 aliphatic heterocycles. The highest BCUT2D eigenvalue weighted by Crippen LogP contribution is 2.31. The SMILES string of the molecule is Cc1cnc(C(C)NC(=O)c2cc(OC3CCN(CC(F)F)CC3)cc(-c3ncc(C)s3)c2)cn1. The van der Waals surface area contributed by atoms with E-state index >= 15 is 0 Å². The van der Waals surface area contributed by atoms with Gasteiger partial charge in [-0.05, 0) is 51.8 Å². The van der Waals surface area contributed by atoms with Crippen molar-refractivity contribution in [2.75, 3.05) is 19.6 Å². The maximum Gasteiger partial charge on any atom is 0.251 e. The zero-order valence-corrected chi connectivity index (χ0v) is 20.8. The summed E-state index contributed by atoms with van der Waals surface area (Å²) in [6.07, 6.45) is 3.99. The fourth-order valence-corrected chi connectivity index (χ4v) is 4.74. The van der Waals surface area contributed by atoms with E-state index in [-0.39, 0.29) is 24.6 Å². The number of hydrogen-bond donors (Lipinski definition) is 1. The maximum absolute atomic E-state index is 13.2. The average Bonchev–Trinajstić information content (AvgIpc) is 3.26. The normalized spacial score (nSPS) is 15.8. The number of aryl methyl sites for hydroxylation is 2. The second-order valence-electron chi connectivity index (χ2n) is 8.81. The molecule has 1 unspecified atom stereocenters. The molecule has 10 heteroatoms. The highest BCUT2D eigenvalue weighted by Gasteiger charge is 2.23. The predicted molar refractivity (Wildman–Crippen MR) is 131 cm³/mol. The summed E-state index contributed by atoms with van der Waals surface area (Å²) < 4.78 is 31.6. The molecule has 0 spiro atoms. The Morgan fingerprint density at radius 2 is 1.91 bits per heavy atom. The number of amides is 1. The largest absolute Gasteiger partial charge is 0.490 e. The Morgan fingerprint density at radius 1 is 1.14 bits per heavy atom. The van der Waals surface area contributed by atoms with Crippen LogP contribution in [-0.4, -0.2) is 57.9 Å². The molecule has 3 aromatic rings. The molecule has 35 heavy (non-hydrogen) atoms. The van der Waals surface area contributed by atoms with Crippen LogP contribution in [0.25, 0.3) is 10.6 Å². The molecule has 0 bridgehead atoms. The molecule has 1 saturated heterocycles. The number of likely N-dealkylation sites (tertiary alicyclic amines) is 1. The summed E-state index contributed by atoms with van der Waals surface area (Å²) in [6, 6.07) is 5.08. The number of carbonyl (C=O) groups excluding carboxylic acids is 1. The molecule has 2 aromatic heterocycles. The number of halogens is 2. The lowest BCUT2D eigenvalue weighted by Gasteiger charge is -2.32. The van der Waals surface area contributed by atoms with Gasteiger partial charge in [-0.3, -0.25) is 19.7 Å². The molecule has 1 amide bonds. The van der Waals surface area contributed by atoms with Gasteiger partial charge in [-0.2, -0.15) is 0 Å². The van der Waals surface area contributed by atoms with Gasteiger partial charge in [0.05, 0.1) is 30.2 Å². The van der Waals surface area contributed by atoms with E-state index in [1.165, 1.54) is 11.3 Å². The Labute approximate surface area is 207 Å². The van der Waals surface area contributed by atoms with Gasteiger partial charge in [0.25, 0.3) is 12.3 Å². The number of nitrogens with one attached hydrogen (secondary N) is 1. The molecule has 1 N–H and O–H groups in total. The highest BCUT2D eigenvalue weighted by molar-refractivity contribution is 7.14. The van der Waals surface area contributed by atoms with E-state index in [0.29, 0.717) is 42.9 Å². The quantitative estimate of drug-likeness (QED) is 0.477. The van der Waals surface area contributed by atoms with E-state index in [0.717, 1.165) is 21.1 Å². The minimum absolute atomic E-state index is 0.102. The van der Waals surface area contributed by atoms with Gasteiger partial charge in [0, 0.05) is 41.5 Å². The van der Waals surface area contributed by atoms with Gasteiger partial charge in [-0.15, -0.1) is 11.3 Å². The third kappa shape index (κ3) is 6.79. The van der Waals surface area contributed by atoms with Crippen molar-refractivity contribution < 1.29 is 18.3 Å². The molecule has 186 valence electrons. The Hall–Kier alpha value is -2.98. The molecule has 1 atom stereocenters. The van der Waals surface area contributed by atoms with Crippen LogP contribution in [0, 0.1) is 13.8 Å². The first-order chi connectivity index (χ1) is 16.8. The number of aromatic nitrogens is 3. The maximum atomic E-state index is 13.2. The van der Waals surface area contributed by atoms with Crippen LogP contribution in [0.5, 0.6) is 5.75 Å². The monoisotopic (exact) mass is 501 g/mol. The summed E-state index contributed by atoms with van der Waals surface area (Å²) in [5, 5.41) is 3.78. The summed E-state index contributed by atoms with van der Waals surface area (Å²) >= 11 is 1.54. The van der Waals surface area contributed by atoms with Crippen LogP contribution >= 0.6 is 11.3 Å². The number of nitrogens with zero attached hydrogens (tertiary/aromatic N) is 4. The lowest BCUT2D eigenvalue weighted by molar-refractivity contribution is 0.0478. The first-order valence-electron chi connectivity index (χ1n) is 11.6. The zero-order chi connectivity index (χ0) is 24.9.